The summed E-state index contributed by atoms with van der Waals surface area (Å²) < 4.78 is 5.05. The third-order valence-electron chi connectivity index (χ3n) is 2.26. The summed E-state index contributed by atoms with van der Waals surface area (Å²) in [5.74, 6) is 5.61. The van der Waals surface area contributed by atoms with Gasteiger partial charge in [0.2, 0.25) is 0 Å². The minimum atomic E-state index is -0.541. The van der Waals surface area contributed by atoms with Crippen LogP contribution >= 0.6 is 0 Å². The number of carbonyl (C=O) groups excluding carboxylic acids is 1. The summed E-state index contributed by atoms with van der Waals surface area (Å²) in [5.41, 5.74) is 0.260. The van der Waals surface area contributed by atoms with Crippen molar-refractivity contribution in [3.63, 3.8) is 0 Å². The van der Waals surface area contributed by atoms with Crippen molar-refractivity contribution in [2.24, 2.45) is 0 Å². The molecule has 1 N–H and O–H groups in total. The van der Waals surface area contributed by atoms with Crippen molar-refractivity contribution in [1.82, 2.24) is 5.32 Å². The summed E-state index contributed by atoms with van der Waals surface area (Å²) >= 11 is 0. The van der Waals surface area contributed by atoms with Crippen molar-refractivity contribution in [3.05, 3.63) is 39.9 Å². The van der Waals surface area contributed by atoms with Crippen molar-refractivity contribution < 1.29 is 14.5 Å². The number of alkyl carbamates (subject to hydrolysis) is 1. The molecule has 0 atom stereocenters. The lowest BCUT2D eigenvalue weighted by molar-refractivity contribution is -0.384. The molecule has 0 spiro atoms. The van der Waals surface area contributed by atoms with E-state index >= 15 is 0 Å². The van der Waals surface area contributed by atoms with Gasteiger partial charge in [0.25, 0.3) is 5.69 Å². The first-order valence-corrected chi connectivity index (χ1v) is 6.44. The van der Waals surface area contributed by atoms with Gasteiger partial charge in [0, 0.05) is 18.6 Å². The molecule has 0 saturated heterocycles. The van der Waals surface area contributed by atoms with Crippen LogP contribution in [0.25, 0.3) is 0 Å². The molecule has 112 valence electrons. The van der Waals surface area contributed by atoms with Gasteiger partial charge in [-0.05, 0) is 26.3 Å². The topological polar surface area (TPSA) is 81.5 Å². The molecule has 1 aromatic carbocycles. The molecule has 0 aliphatic rings. The van der Waals surface area contributed by atoms with E-state index in [1.165, 1.54) is 12.1 Å². The molecule has 0 unspecified atom stereocenters. The summed E-state index contributed by atoms with van der Waals surface area (Å²) in [4.78, 5) is 21.5. The number of non-ortho nitro benzene ring substituents is 1. The molecule has 0 heterocycles. The Morgan fingerprint density at radius 2 is 2.10 bits per heavy atom. The maximum Gasteiger partial charge on any atom is 0.408 e. The van der Waals surface area contributed by atoms with Crippen molar-refractivity contribution in [2.45, 2.75) is 32.8 Å². The normalized spacial score (nSPS) is 10.2. The average Bonchev–Trinajstić information content (AvgIpc) is 2.36. The summed E-state index contributed by atoms with van der Waals surface area (Å²) in [5, 5.41) is 13.1. The Morgan fingerprint density at radius 1 is 1.38 bits per heavy atom. The zero-order valence-electron chi connectivity index (χ0n) is 12.3. The Balaban J connectivity index is 2.42. The van der Waals surface area contributed by atoms with Gasteiger partial charge >= 0.3 is 6.09 Å². The fourth-order valence-electron chi connectivity index (χ4n) is 1.44. The highest BCUT2D eigenvalue weighted by Crippen LogP contribution is 2.13. The van der Waals surface area contributed by atoms with E-state index in [-0.39, 0.29) is 12.2 Å². The van der Waals surface area contributed by atoms with Gasteiger partial charge in [-0.15, -0.1) is 0 Å². The molecule has 0 fully saturated rings. The molecule has 0 aliphatic carbocycles. The van der Waals surface area contributed by atoms with Crippen molar-refractivity contribution >= 4 is 11.8 Å². The number of carbonyl (C=O) groups is 1. The van der Waals surface area contributed by atoms with Crippen LogP contribution in [-0.4, -0.2) is 23.2 Å². The number of nitro benzene ring substituents is 1. The summed E-state index contributed by atoms with van der Waals surface area (Å²) in [7, 11) is 0. The Hall–Kier alpha value is -2.55. The third-order valence-corrected chi connectivity index (χ3v) is 2.26. The van der Waals surface area contributed by atoms with Crippen LogP contribution in [0.3, 0.4) is 0 Å². The zero-order chi connectivity index (χ0) is 15.9. The fourth-order valence-corrected chi connectivity index (χ4v) is 1.44. The van der Waals surface area contributed by atoms with E-state index in [1.807, 2.05) is 0 Å². The number of rotatable bonds is 3. The number of hydrogen-bond acceptors (Lipinski definition) is 4. The predicted octanol–water partition coefficient (Wildman–Crippen LogP) is 2.67. The molecule has 0 bridgehead atoms. The molecular weight excluding hydrogens is 272 g/mol. The van der Waals surface area contributed by atoms with E-state index in [0.29, 0.717) is 6.42 Å². The van der Waals surface area contributed by atoms with E-state index in [2.05, 4.69) is 17.2 Å². The van der Waals surface area contributed by atoms with Crippen LogP contribution in [0, 0.1) is 22.0 Å². The van der Waals surface area contributed by atoms with Gasteiger partial charge in [0.15, 0.2) is 0 Å². The molecule has 6 nitrogen and oxygen atoms in total. The van der Waals surface area contributed by atoms with E-state index < -0.39 is 16.6 Å². The quantitative estimate of drug-likeness (QED) is 0.527. The van der Waals surface area contributed by atoms with Crippen molar-refractivity contribution in [3.8, 4) is 11.8 Å². The molecule has 0 aromatic heterocycles. The van der Waals surface area contributed by atoms with Crippen LogP contribution in [0.4, 0.5) is 10.5 Å². The van der Waals surface area contributed by atoms with Crippen LogP contribution in [-0.2, 0) is 11.2 Å². The Bertz CT molecular complexity index is 579. The van der Waals surface area contributed by atoms with E-state index in [0.717, 1.165) is 5.56 Å². The Labute approximate surface area is 123 Å². The second-order valence-electron chi connectivity index (χ2n) is 5.31. The van der Waals surface area contributed by atoms with Gasteiger partial charge in [-0.25, -0.2) is 4.79 Å². The number of hydrogen-bond donors (Lipinski definition) is 1. The SMILES string of the molecule is CC(C)(C)OC(=O)NCC#CCc1cccc([N+](=O)[O-])c1. The number of benzene rings is 1. The lowest BCUT2D eigenvalue weighted by Crippen LogP contribution is -2.32. The fraction of sp³-hybridized carbons (Fsp3) is 0.400. The molecule has 1 rings (SSSR count). The second kappa shape index (κ2) is 7.29. The van der Waals surface area contributed by atoms with Gasteiger partial charge in [0.1, 0.15) is 5.60 Å². The first kappa shape index (κ1) is 16.5. The first-order valence-electron chi connectivity index (χ1n) is 6.44. The van der Waals surface area contributed by atoms with Gasteiger partial charge in [-0.3, -0.25) is 10.1 Å². The maximum absolute atomic E-state index is 11.3. The van der Waals surface area contributed by atoms with Gasteiger partial charge in [-0.1, -0.05) is 24.0 Å². The maximum atomic E-state index is 11.3. The number of nitrogens with one attached hydrogen (secondary N) is 1. The smallest absolute Gasteiger partial charge is 0.408 e. The standard InChI is InChI=1S/C15H18N2O4/c1-15(2,3)21-14(18)16-10-5-4-7-12-8-6-9-13(11-12)17(19)20/h6,8-9,11H,7,10H2,1-3H3,(H,16,18). The van der Waals surface area contributed by atoms with Crippen molar-refractivity contribution in [2.75, 3.05) is 6.54 Å². The summed E-state index contributed by atoms with van der Waals surface area (Å²) in [6.45, 7) is 5.51. The van der Waals surface area contributed by atoms with Crippen LogP contribution < -0.4 is 5.32 Å². The van der Waals surface area contributed by atoms with Crippen LogP contribution in [0.2, 0.25) is 0 Å². The highest BCUT2D eigenvalue weighted by Gasteiger charge is 2.14. The first-order chi connectivity index (χ1) is 9.78. The minimum absolute atomic E-state index is 0.0428. The molecule has 0 saturated carbocycles. The lowest BCUT2D eigenvalue weighted by atomic mass is 10.1. The minimum Gasteiger partial charge on any atom is -0.444 e. The summed E-state index contributed by atoms with van der Waals surface area (Å²) in [6.07, 6.45) is -0.135. The molecule has 6 heteroatoms. The molecule has 0 radical (unpaired) electrons. The Kier molecular flexibility index (Phi) is 5.73. The van der Waals surface area contributed by atoms with E-state index in [9.17, 15) is 14.9 Å². The third kappa shape index (κ3) is 6.97. The van der Waals surface area contributed by atoms with Gasteiger partial charge in [0.05, 0.1) is 11.5 Å². The Morgan fingerprint density at radius 3 is 2.71 bits per heavy atom. The number of nitro groups is 1. The van der Waals surface area contributed by atoms with Crippen molar-refractivity contribution in [1.29, 1.82) is 0 Å². The highest BCUT2D eigenvalue weighted by molar-refractivity contribution is 5.68. The monoisotopic (exact) mass is 290 g/mol. The predicted molar refractivity (Wildman–Crippen MR) is 78.8 cm³/mol. The highest BCUT2D eigenvalue weighted by atomic mass is 16.6. The molecular formula is C15H18N2O4. The second-order valence-corrected chi connectivity index (χ2v) is 5.31. The van der Waals surface area contributed by atoms with Crippen LogP contribution in [0.5, 0.6) is 0 Å². The number of ether oxygens (including phenoxy) is 1. The van der Waals surface area contributed by atoms with Gasteiger partial charge in [-0.2, -0.15) is 0 Å². The van der Waals surface area contributed by atoms with E-state index in [1.54, 1.807) is 32.9 Å². The molecule has 0 aliphatic heterocycles. The van der Waals surface area contributed by atoms with Gasteiger partial charge < -0.3 is 10.1 Å². The molecule has 1 amide bonds. The largest absolute Gasteiger partial charge is 0.444 e. The lowest BCUT2D eigenvalue weighted by Gasteiger charge is -2.18. The van der Waals surface area contributed by atoms with E-state index in [4.69, 9.17) is 4.74 Å². The average molecular weight is 290 g/mol. The summed E-state index contributed by atoms with van der Waals surface area (Å²) in [6, 6.07) is 6.30. The molecule has 1 aromatic rings. The van der Waals surface area contributed by atoms with Crippen LogP contribution in [0.1, 0.15) is 26.3 Å². The zero-order valence-corrected chi connectivity index (χ0v) is 12.3. The van der Waals surface area contributed by atoms with Crippen LogP contribution in [0.15, 0.2) is 24.3 Å². The molecule has 21 heavy (non-hydrogen) atoms. The number of nitrogens with zero attached hydrogens (tertiary/aromatic N) is 1. The number of amides is 1.